The zero-order valence-corrected chi connectivity index (χ0v) is 18.0. The Hall–Kier alpha value is -4.44. The number of benzene rings is 1. The van der Waals surface area contributed by atoms with Crippen molar-refractivity contribution < 1.29 is 5.11 Å². The van der Waals surface area contributed by atoms with Crippen LogP contribution in [0.25, 0.3) is 11.7 Å². The number of hydrogen-bond donors (Lipinski definition) is 3. The lowest BCUT2D eigenvalue weighted by atomic mass is 10.3. The zero-order valence-electron chi connectivity index (χ0n) is 17.3. The average molecular weight is 461 g/mol. The van der Waals surface area contributed by atoms with Gasteiger partial charge in [-0.3, -0.25) is 4.98 Å². The lowest BCUT2D eigenvalue weighted by Crippen LogP contribution is -2.21. The van der Waals surface area contributed by atoms with Crippen LogP contribution in [0.4, 0.5) is 17.3 Å². The maximum absolute atomic E-state index is 11.5. The molecule has 4 heterocycles. The summed E-state index contributed by atoms with van der Waals surface area (Å²) in [6.45, 7) is 0. The Labute approximate surface area is 191 Å². The lowest BCUT2D eigenvalue weighted by Gasteiger charge is -2.18. The van der Waals surface area contributed by atoms with E-state index in [0.29, 0.717) is 38.7 Å². The number of rotatable bonds is 4. The van der Waals surface area contributed by atoms with Gasteiger partial charge in [0.25, 0.3) is 0 Å². The van der Waals surface area contributed by atoms with Crippen LogP contribution in [0.15, 0.2) is 70.7 Å². The maximum atomic E-state index is 11.5. The van der Waals surface area contributed by atoms with Crippen LogP contribution in [0.3, 0.4) is 0 Å². The number of nitrogens with one attached hydrogen (secondary N) is 2. The van der Waals surface area contributed by atoms with E-state index in [1.165, 1.54) is 0 Å². The van der Waals surface area contributed by atoms with Crippen molar-refractivity contribution in [2.24, 2.45) is 4.99 Å². The molecule has 10 nitrogen and oxygen atoms in total. The summed E-state index contributed by atoms with van der Waals surface area (Å²) in [7, 11) is 1.86. The number of H-pyrrole nitrogens is 2. The van der Waals surface area contributed by atoms with E-state index in [4.69, 9.17) is 11.6 Å². The highest BCUT2D eigenvalue weighted by Gasteiger charge is 2.13. The monoisotopic (exact) mass is 460 g/mol. The van der Waals surface area contributed by atoms with E-state index in [9.17, 15) is 9.90 Å². The Bertz CT molecular complexity index is 1640. The van der Waals surface area contributed by atoms with E-state index in [1.54, 1.807) is 41.2 Å². The molecule has 4 aromatic heterocycles. The fourth-order valence-corrected chi connectivity index (χ4v) is 3.53. The molecule has 0 radical (unpaired) electrons. The van der Waals surface area contributed by atoms with Crippen LogP contribution in [-0.4, -0.2) is 41.7 Å². The molecule has 11 heteroatoms. The largest absolute Gasteiger partial charge is 0.493 e. The molecular formula is C22H17ClN8O2. The summed E-state index contributed by atoms with van der Waals surface area (Å²) in [6, 6.07) is 14.5. The number of nitrogens with zero attached hydrogens (tertiary/aromatic N) is 6. The van der Waals surface area contributed by atoms with Gasteiger partial charge in [0.15, 0.2) is 11.1 Å². The smallest absolute Gasteiger partial charge is 0.326 e. The number of anilines is 2. The maximum Gasteiger partial charge on any atom is 0.326 e. The second kappa shape index (κ2) is 8.24. The zero-order chi connectivity index (χ0) is 22.9. The van der Waals surface area contributed by atoms with Gasteiger partial charge >= 0.3 is 5.69 Å². The van der Waals surface area contributed by atoms with Gasteiger partial charge in [0.1, 0.15) is 17.3 Å². The molecule has 0 aliphatic heterocycles. The van der Waals surface area contributed by atoms with Crippen molar-refractivity contribution in [1.82, 2.24) is 29.5 Å². The van der Waals surface area contributed by atoms with Crippen LogP contribution in [0.1, 0.15) is 5.69 Å². The van der Waals surface area contributed by atoms with Crippen LogP contribution < -0.4 is 21.3 Å². The van der Waals surface area contributed by atoms with Crippen LogP contribution in [0.2, 0.25) is 5.02 Å². The fraction of sp³-hybridized carbons (Fsp3) is 0.0455. The van der Waals surface area contributed by atoms with Crippen molar-refractivity contribution in [2.45, 2.75) is 0 Å². The Kier molecular flexibility index (Phi) is 5.11. The number of halogens is 1. The Morgan fingerprint density at radius 1 is 1.18 bits per heavy atom. The number of hydrogen-bond acceptors (Lipinski definition) is 7. The van der Waals surface area contributed by atoms with E-state index in [0.717, 1.165) is 0 Å². The van der Waals surface area contributed by atoms with Crippen molar-refractivity contribution in [3.63, 3.8) is 0 Å². The second-order valence-corrected chi connectivity index (χ2v) is 7.57. The van der Waals surface area contributed by atoms with Gasteiger partial charge in [-0.05, 0) is 36.4 Å². The van der Waals surface area contributed by atoms with Crippen molar-refractivity contribution >= 4 is 40.6 Å². The molecule has 0 bridgehead atoms. The highest BCUT2D eigenvalue weighted by molar-refractivity contribution is 6.30. The van der Waals surface area contributed by atoms with Gasteiger partial charge in [-0.25, -0.2) is 19.8 Å². The molecule has 1 aromatic carbocycles. The predicted molar refractivity (Wildman–Crippen MR) is 124 cm³/mol. The summed E-state index contributed by atoms with van der Waals surface area (Å²) in [4.78, 5) is 31.9. The Morgan fingerprint density at radius 2 is 2.06 bits per heavy atom. The van der Waals surface area contributed by atoms with Crippen LogP contribution in [0.5, 0.6) is 5.88 Å². The first-order valence-corrected chi connectivity index (χ1v) is 10.2. The fourth-order valence-electron chi connectivity index (χ4n) is 3.34. The molecule has 0 fully saturated rings. The van der Waals surface area contributed by atoms with Crippen LogP contribution in [-0.2, 0) is 0 Å². The van der Waals surface area contributed by atoms with Crippen molar-refractivity contribution in [3.8, 4) is 5.88 Å². The third kappa shape index (κ3) is 4.06. The minimum atomic E-state index is -0.518. The van der Waals surface area contributed by atoms with Gasteiger partial charge in [0.05, 0.1) is 11.9 Å². The molecule has 0 saturated carbocycles. The minimum absolute atomic E-state index is 0.216. The third-order valence-corrected chi connectivity index (χ3v) is 5.13. The second-order valence-electron chi connectivity index (χ2n) is 7.13. The van der Waals surface area contributed by atoms with E-state index in [1.807, 2.05) is 42.3 Å². The molecule has 0 aliphatic rings. The van der Waals surface area contributed by atoms with Crippen LogP contribution in [0, 0.1) is 0 Å². The molecule has 0 aliphatic carbocycles. The number of pyridine rings is 1. The molecule has 0 unspecified atom stereocenters. The number of imidazole rings is 1. The number of aromatic amines is 2. The number of fused-ring (bicyclic) bond motifs is 1. The van der Waals surface area contributed by atoms with Gasteiger partial charge in [-0.1, -0.05) is 23.7 Å². The molecule has 33 heavy (non-hydrogen) atoms. The minimum Gasteiger partial charge on any atom is -0.493 e. The quantitative estimate of drug-likeness (QED) is 0.376. The van der Waals surface area contributed by atoms with Gasteiger partial charge in [0.2, 0.25) is 5.88 Å². The van der Waals surface area contributed by atoms with Crippen molar-refractivity contribution in [2.75, 3.05) is 11.9 Å². The summed E-state index contributed by atoms with van der Waals surface area (Å²) >= 11 is 6.11. The van der Waals surface area contributed by atoms with Crippen molar-refractivity contribution in [3.05, 3.63) is 92.8 Å². The summed E-state index contributed by atoms with van der Waals surface area (Å²) in [6.07, 6.45) is 4.87. The number of aromatic nitrogens is 6. The summed E-state index contributed by atoms with van der Waals surface area (Å²) in [5.74, 6) is 1.09. The summed E-state index contributed by atoms with van der Waals surface area (Å²) in [5, 5.41) is 15.6. The summed E-state index contributed by atoms with van der Waals surface area (Å²) < 4.78 is 1.64. The van der Waals surface area contributed by atoms with Crippen LogP contribution >= 0.6 is 11.6 Å². The predicted octanol–water partition coefficient (Wildman–Crippen LogP) is 2.05. The van der Waals surface area contributed by atoms with E-state index >= 15 is 0 Å². The molecule has 0 amide bonds. The number of aromatic hydroxyl groups is 1. The highest BCUT2D eigenvalue weighted by Crippen LogP contribution is 2.20. The van der Waals surface area contributed by atoms with E-state index in [-0.39, 0.29) is 11.6 Å². The molecule has 5 rings (SSSR count). The normalized spacial score (nSPS) is 12.5. The summed E-state index contributed by atoms with van der Waals surface area (Å²) in [5.41, 5.74) is 1.23. The molecular weight excluding hydrogens is 444 g/mol. The highest BCUT2D eigenvalue weighted by atomic mass is 35.5. The van der Waals surface area contributed by atoms with Gasteiger partial charge in [0, 0.05) is 29.6 Å². The molecule has 0 spiro atoms. The Morgan fingerprint density at radius 3 is 2.79 bits per heavy atom. The standard InChI is InChI=1S/C22H17ClN8O2/c1-30(18-7-2-3-8-24-18)19-11-17(26-15-6-4-5-14(23)10-15)28-20-13(12-25-31(19)20)9-16-21(32)29-22(33)27-16/h2-12,32H,1H3,(H2,27,29,33). The third-order valence-electron chi connectivity index (χ3n) is 4.89. The van der Waals surface area contributed by atoms with Gasteiger partial charge in [-0.15, -0.1) is 0 Å². The lowest BCUT2D eigenvalue weighted by molar-refractivity contribution is 0.454. The van der Waals surface area contributed by atoms with Crippen molar-refractivity contribution in [1.29, 1.82) is 0 Å². The first-order valence-electron chi connectivity index (χ1n) is 9.85. The van der Waals surface area contributed by atoms with E-state index in [2.05, 4.69) is 30.0 Å². The molecule has 0 atom stereocenters. The molecule has 3 N–H and O–H groups in total. The van der Waals surface area contributed by atoms with Gasteiger partial charge < -0.3 is 15.0 Å². The first kappa shape index (κ1) is 20.5. The average Bonchev–Trinajstić information content (AvgIpc) is 3.35. The topological polar surface area (TPSA) is 128 Å². The van der Waals surface area contributed by atoms with E-state index < -0.39 is 5.69 Å². The van der Waals surface area contributed by atoms with Gasteiger partial charge in [-0.2, -0.15) is 9.61 Å². The molecule has 5 aromatic rings. The molecule has 164 valence electrons. The molecule has 0 saturated heterocycles. The SMILES string of the molecule is CN(c1ccccn1)c1cc(=Nc2cccc(Cl)c2)nc2c(=Cc3[nH]c(=O)[nH]c3O)cnn12. The first-order chi connectivity index (χ1) is 16.0. The Balaban J connectivity index is 1.77.